The van der Waals surface area contributed by atoms with Crippen molar-refractivity contribution in [1.82, 2.24) is 4.98 Å². The molecule has 1 aliphatic rings. The predicted octanol–water partition coefficient (Wildman–Crippen LogP) is 0.792. The molecule has 0 atom stereocenters. The van der Waals surface area contributed by atoms with Crippen molar-refractivity contribution in [3.8, 4) is 11.5 Å². The monoisotopic (exact) mass is 233 g/mol. The van der Waals surface area contributed by atoms with E-state index in [1.807, 2.05) is 0 Å². The maximum Gasteiger partial charge on any atom is 0.253 e. The van der Waals surface area contributed by atoms with Crippen molar-refractivity contribution in [3.63, 3.8) is 0 Å². The largest absolute Gasteiger partial charge is 0.486 e. The maximum absolute atomic E-state index is 11.5. The summed E-state index contributed by atoms with van der Waals surface area (Å²) in [4.78, 5) is 14.3. The van der Waals surface area contributed by atoms with Crippen LogP contribution >= 0.6 is 0 Å². The third-order valence-electron chi connectivity index (χ3n) is 2.75. The first-order valence-electron chi connectivity index (χ1n) is 5.34. The minimum atomic E-state index is -0.281. The standard InChI is InChI=1S/C12H11NO4/c14-6-8-3-7-4-10-11(17-2-1-16-10)5-9(7)13-12(8)15/h3-5,14H,1-2,6H2,(H,13,15). The van der Waals surface area contributed by atoms with E-state index in [9.17, 15) is 4.79 Å². The highest BCUT2D eigenvalue weighted by Crippen LogP contribution is 2.33. The van der Waals surface area contributed by atoms with E-state index >= 15 is 0 Å². The van der Waals surface area contributed by atoms with Crippen molar-refractivity contribution in [2.75, 3.05) is 13.2 Å². The van der Waals surface area contributed by atoms with Crippen LogP contribution in [0.2, 0.25) is 0 Å². The summed E-state index contributed by atoms with van der Waals surface area (Å²) in [6.45, 7) is 0.756. The van der Waals surface area contributed by atoms with Gasteiger partial charge in [-0.05, 0) is 12.1 Å². The second-order valence-corrected chi connectivity index (χ2v) is 3.86. The molecule has 0 fully saturated rings. The number of aromatic amines is 1. The van der Waals surface area contributed by atoms with Gasteiger partial charge in [0.25, 0.3) is 5.56 Å². The number of aliphatic hydroxyl groups is 1. The SMILES string of the molecule is O=c1[nH]c2cc3c(cc2cc1CO)OCCO3. The van der Waals surface area contributed by atoms with Gasteiger partial charge < -0.3 is 19.6 Å². The Labute approximate surface area is 96.6 Å². The molecule has 0 saturated carbocycles. The lowest BCUT2D eigenvalue weighted by Crippen LogP contribution is -2.16. The molecule has 0 unspecified atom stereocenters. The van der Waals surface area contributed by atoms with E-state index < -0.39 is 0 Å². The summed E-state index contributed by atoms with van der Waals surface area (Å²) in [5.74, 6) is 1.30. The number of hydrogen-bond donors (Lipinski definition) is 2. The molecule has 0 radical (unpaired) electrons. The van der Waals surface area contributed by atoms with Gasteiger partial charge >= 0.3 is 0 Å². The Hall–Kier alpha value is -2.01. The summed E-state index contributed by atoms with van der Waals surface area (Å²) in [6.07, 6.45) is 0. The highest BCUT2D eigenvalue weighted by molar-refractivity contribution is 5.83. The molecule has 1 aromatic carbocycles. The molecule has 2 N–H and O–H groups in total. The van der Waals surface area contributed by atoms with E-state index in [0.717, 1.165) is 5.39 Å². The number of fused-ring (bicyclic) bond motifs is 2. The number of H-pyrrole nitrogens is 1. The number of rotatable bonds is 1. The number of nitrogens with one attached hydrogen (secondary N) is 1. The zero-order valence-electron chi connectivity index (χ0n) is 9.03. The summed E-state index contributed by atoms with van der Waals surface area (Å²) in [5.41, 5.74) is 0.738. The highest BCUT2D eigenvalue weighted by Gasteiger charge is 2.13. The summed E-state index contributed by atoms with van der Waals surface area (Å²) >= 11 is 0. The first kappa shape index (κ1) is 10.2. The van der Waals surface area contributed by atoms with Gasteiger partial charge in [0.05, 0.1) is 12.1 Å². The first-order valence-corrected chi connectivity index (χ1v) is 5.34. The van der Waals surface area contributed by atoms with Crippen molar-refractivity contribution in [3.05, 3.63) is 34.1 Å². The number of aliphatic hydroxyl groups excluding tert-OH is 1. The van der Waals surface area contributed by atoms with Crippen LogP contribution in [-0.4, -0.2) is 23.3 Å². The number of pyridine rings is 1. The molecule has 3 rings (SSSR count). The fraction of sp³-hybridized carbons (Fsp3) is 0.250. The Balaban J connectivity index is 2.26. The molecule has 1 aliphatic heterocycles. The Morgan fingerprint density at radius 2 is 1.88 bits per heavy atom. The van der Waals surface area contributed by atoms with Gasteiger partial charge in [-0.15, -0.1) is 0 Å². The third-order valence-corrected chi connectivity index (χ3v) is 2.75. The molecule has 0 saturated heterocycles. The van der Waals surface area contributed by atoms with Crippen LogP contribution in [0.15, 0.2) is 23.0 Å². The van der Waals surface area contributed by atoms with Crippen molar-refractivity contribution in [2.24, 2.45) is 0 Å². The zero-order valence-corrected chi connectivity index (χ0v) is 9.03. The van der Waals surface area contributed by atoms with Crippen LogP contribution in [0.3, 0.4) is 0 Å². The topological polar surface area (TPSA) is 71.6 Å². The van der Waals surface area contributed by atoms with Crippen LogP contribution in [0, 0.1) is 0 Å². The van der Waals surface area contributed by atoms with Gasteiger partial charge in [0.15, 0.2) is 11.5 Å². The smallest absolute Gasteiger partial charge is 0.253 e. The van der Waals surface area contributed by atoms with Crippen molar-refractivity contribution in [2.45, 2.75) is 6.61 Å². The first-order chi connectivity index (χ1) is 8.28. The number of hydrogen-bond acceptors (Lipinski definition) is 4. The molecule has 0 spiro atoms. The van der Waals surface area contributed by atoms with Gasteiger partial charge in [-0.2, -0.15) is 0 Å². The average molecular weight is 233 g/mol. The molecule has 0 aliphatic carbocycles. The highest BCUT2D eigenvalue weighted by atomic mass is 16.6. The molecule has 5 nitrogen and oxygen atoms in total. The molecule has 17 heavy (non-hydrogen) atoms. The minimum Gasteiger partial charge on any atom is -0.486 e. The lowest BCUT2D eigenvalue weighted by Gasteiger charge is -2.18. The normalized spacial score (nSPS) is 13.9. The lowest BCUT2D eigenvalue weighted by atomic mass is 10.1. The molecule has 1 aromatic heterocycles. The van der Waals surface area contributed by atoms with Crippen LogP contribution in [0.5, 0.6) is 11.5 Å². The maximum atomic E-state index is 11.5. The molecule has 2 aromatic rings. The minimum absolute atomic E-state index is 0.278. The zero-order chi connectivity index (χ0) is 11.8. The Bertz CT molecular complexity index is 632. The predicted molar refractivity (Wildman–Crippen MR) is 61.5 cm³/mol. The van der Waals surface area contributed by atoms with Gasteiger partial charge in [0, 0.05) is 17.0 Å². The van der Waals surface area contributed by atoms with Crippen LogP contribution in [-0.2, 0) is 6.61 Å². The van der Waals surface area contributed by atoms with Crippen LogP contribution < -0.4 is 15.0 Å². The molecule has 0 bridgehead atoms. The van der Waals surface area contributed by atoms with Crippen molar-refractivity contribution < 1.29 is 14.6 Å². The van der Waals surface area contributed by atoms with Gasteiger partial charge in [-0.1, -0.05) is 0 Å². The fourth-order valence-electron chi connectivity index (χ4n) is 1.91. The van der Waals surface area contributed by atoms with Crippen molar-refractivity contribution in [1.29, 1.82) is 0 Å². The molecule has 5 heteroatoms. The molecular formula is C12H11NO4. The fourth-order valence-corrected chi connectivity index (χ4v) is 1.91. The number of aromatic nitrogens is 1. The van der Waals surface area contributed by atoms with Crippen LogP contribution in [0.4, 0.5) is 0 Å². The summed E-state index contributed by atoms with van der Waals surface area (Å²) < 4.78 is 10.9. The van der Waals surface area contributed by atoms with Gasteiger partial charge in [-0.3, -0.25) is 4.79 Å². The van der Waals surface area contributed by atoms with E-state index in [4.69, 9.17) is 14.6 Å². The Morgan fingerprint density at radius 1 is 1.18 bits per heavy atom. The van der Waals surface area contributed by atoms with Gasteiger partial charge in [-0.25, -0.2) is 0 Å². The quantitative estimate of drug-likeness (QED) is 0.764. The van der Waals surface area contributed by atoms with Gasteiger partial charge in [0.2, 0.25) is 0 Å². The molecule has 0 amide bonds. The van der Waals surface area contributed by atoms with Crippen LogP contribution in [0.1, 0.15) is 5.56 Å². The van der Waals surface area contributed by atoms with E-state index in [-0.39, 0.29) is 12.2 Å². The second-order valence-electron chi connectivity index (χ2n) is 3.86. The number of ether oxygens (including phenoxy) is 2. The van der Waals surface area contributed by atoms with E-state index in [0.29, 0.717) is 35.8 Å². The molecule has 2 heterocycles. The van der Waals surface area contributed by atoms with E-state index in [1.54, 1.807) is 18.2 Å². The second kappa shape index (κ2) is 3.78. The van der Waals surface area contributed by atoms with E-state index in [1.165, 1.54) is 0 Å². The van der Waals surface area contributed by atoms with E-state index in [2.05, 4.69) is 4.98 Å². The summed E-state index contributed by atoms with van der Waals surface area (Å²) in [5, 5.41) is 9.86. The Morgan fingerprint density at radius 3 is 2.59 bits per heavy atom. The summed E-state index contributed by atoms with van der Waals surface area (Å²) in [6, 6.07) is 5.21. The summed E-state index contributed by atoms with van der Waals surface area (Å²) in [7, 11) is 0. The Kier molecular flexibility index (Phi) is 2.26. The molecular weight excluding hydrogens is 222 g/mol. The molecule has 88 valence electrons. The number of benzene rings is 1. The average Bonchev–Trinajstić information content (AvgIpc) is 2.35. The lowest BCUT2D eigenvalue weighted by molar-refractivity contribution is 0.172. The van der Waals surface area contributed by atoms with Crippen LogP contribution in [0.25, 0.3) is 10.9 Å². The third kappa shape index (κ3) is 1.64. The van der Waals surface area contributed by atoms with Crippen molar-refractivity contribution >= 4 is 10.9 Å². The van der Waals surface area contributed by atoms with Gasteiger partial charge in [0.1, 0.15) is 13.2 Å².